The van der Waals surface area contributed by atoms with Gasteiger partial charge in [0.2, 0.25) is 0 Å². The number of aromatic nitrogens is 4. The molecule has 0 atom stereocenters. The molecule has 2 fully saturated rings. The molecule has 2 aliphatic heterocycles. The lowest BCUT2D eigenvalue weighted by Gasteiger charge is -2.32. The number of carbonyl (C=O) groups excluding carboxylic acids is 1. The van der Waals surface area contributed by atoms with Crippen LogP contribution >= 0.6 is 0 Å². The van der Waals surface area contributed by atoms with E-state index in [0.29, 0.717) is 24.2 Å². The second kappa shape index (κ2) is 11.0. The standard InChI is InChI=1S/C29H32F2N8O/c1-37-8-10-38(11-9-37)18-24-14-23(4-6-33-24)34-28(40)27-25-13-21(2-3-26(25)35-36-27)22-12-20(15-32-16-22)17-39-7-5-29(30,31)19-39/h2-4,6,12-16H,5,7-11,17-19H2,1H3,(H,35,36)(H,33,34,40). The maximum atomic E-state index is 13.6. The van der Waals surface area contributed by atoms with Crippen LogP contribution in [0.1, 0.15) is 28.2 Å². The normalized spacial score (nSPS) is 18.4. The number of amides is 1. The van der Waals surface area contributed by atoms with E-state index in [1.807, 2.05) is 30.3 Å². The number of anilines is 1. The highest BCUT2D eigenvalue weighted by atomic mass is 19.3. The third-order valence-corrected chi connectivity index (χ3v) is 7.62. The molecule has 0 saturated carbocycles. The van der Waals surface area contributed by atoms with Crippen molar-refractivity contribution in [2.75, 3.05) is 51.6 Å². The van der Waals surface area contributed by atoms with Gasteiger partial charge in [-0.15, -0.1) is 0 Å². The lowest BCUT2D eigenvalue weighted by atomic mass is 10.0. The van der Waals surface area contributed by atoms with E-state index in [1.165, 1.54) is 0 Å². The molecule has 2 N–H and O–H groups in total. The number of hydrogen-bond donors (Lipinski definition) is 2. The minimum Gasteiger partial charge on any atom is -0.320 e. The molecule has 0 radical (unpaired) electrons. The largest absolute Gasteiger partial charge is 0.320 e. The van der Waals surface area contributed by atoms with Crippen molar-refractivity contribution in [2.24, 2.45) is 0 Å². The van der Waals surface area contributed by atoms with Crippen LogP contribution in [0.15, 0.2) is 55.0 Å². The lowest BCUT2D eigenvalue weighted by Crippen LogP contribution is -2.44. The molecule has 0 spiro atoms. The molecule has 0 unspecified atom stereocenters. The molecule has 0 bridgehead atoms. The van der Waals surface area contributed by atoms with Gasteiger partial charge in [0.25, 0.3) is 11.8 Å². The van der Waals surface area contributed by atoms with Gasteiger partial charge in [-0.05, 0) is 48.5 Å². The maximum Gasteiger partial charge on any atom is 0.276 e. The number of H-pyrrole nitrogens is 1. The first-order chi connectivity index (χ1) is 19.3. The molecule has 208 valence electrons. The number of benzene rings is 1. The summed E-state index contributed by atoms with van der Waals surface area (Å²) in [6.45, 7) is 5.33. The van der Waals surface area contributed by atoms with E-state index in [9.17, 15) is 13.6 Å². The highest BCUT2D eigenvalue weighted by Gasteiger charge is 2.37. The molecule has 4 aromatic rings. The molecular weight excluding hydrogens is 514 g/mol. The summed E-state index contributed by atoms with van der Waals surface area (Å²) in [5.41, 5.74) is 5.18. The van der Waals surface area contributed by atoms with Gasteiger partial charge in [0.05, 0.1) is 17.8 Å². The summed E-state index contributed by atoms with van der Waals surface area (Å²) in [7, 11) is 2.13. The third-order valence-electron chi connectivity index (χ3n) is 7.62. The second-order valence-corrected chi connectivity index (χ2v) is 10.8. The molecule has 2 aliphatic rings. The van der Waals surface area contributed by atoms with Crippen LogP contribution < -0.4 is 5.32 Å². The van der Waals surface area contributed by atoms with E-state index >= 15 is 0 Å². The summed E-state index contributed by atoms with van der Waals surface area (Å²) < 4.78 is 27.2. The predicted octanol–water partition coefficient (Wildman–Crippen LogP) is 3.86. The van der Waals surface area contributed by atoms with E-state index in [1.54, 1.807) is 29.6 Å². The molecule has 5 heterocycles. The van der Waals surface area contributed by atoms with Crippen molar-refractivity contribution in [2.45, 2.75) is 25.4 Å². The molecule has 9 nitrogen and oxygen atoms in total. The maximum absolute atomic E-state index is 13.6. The Kier molecular flexibility index (Phi) is 7.26. The number of likely N-dealkylation sites (tertiary alicyclic amines) is 1. The first-order valence-corrected chi connectivity index (χ1v) is 13.5. The molecule has 11 heteroatoms. The predicted molar refractivity (Wildman–Crippen MR) is 149 cm³/mol. The van der Waals surface area contributed by atoms with Crippen molar-refractivity contribution in [3.63, 3.8) is 0 Å². The van der Waals surface area contributed by atoms with Gasteiger partial charge in [-0.2, -0.15) is 5.10 Å². The Morgan fingerprint density at radius 2 is 1.85 bits per heavy atom. The van der Waals surface area contributed by atoms with Crippen LogP contribution in [0, 0.1) is 0 Å². The number of carbonyl (C=O) groups is 1. The lowest BCUT2D eigenvalue weighted by molar-refractivity contribution is 0.0115. The highest BCUT2D eigenvalue weighted by Crippen LogP contribution is 2.29. The number of fused-ring (bicyclic) bond motifs is 1. The number of nitrogens with zero attached hydrogens (tertiary/aromatic N) is 6. The van der Waals surface area contributed by atoms with Crippen LogP contribution in [0.4, 0.5) is 14.5 Å². The average Bonchev–Trinajstić information content (AvgIpc) is 3.52. The fourth-order valence-electron chi connectivity index (χ4n) is 5.37. The highest BCUT2D eigenvalue weighted by molar-refractivity contribution is 6.11. The van der Waals surface area contributed by atoms with Crippen molar-refractivity contribution in [1.29, 1.82) is 0 Å². The quantitative estimate of drug-likeness (QED) is 0.364. The number of aromatic amines is 1. The summed E-state index contributed by atoms with van der Waals surface area (Å²) in [6.07, 6.45) is 5.05. The second-order valence-electron chi connectivity index (χ2n) is 10.8. The van der Waals surface area contributed by atoms with Crippen molar-refractivity contribution in [3.8, 4) is 11.1 Å². The minimum atomic E-state index is -2.63. The number of alkyl halides is 2. The molecular formula is C29H32F2N8O. The molecule has 40 heavy (non-hydrogen) atoms. The zero-order valence-corrected chi connectivity index (χ0v) is 22.4. The minimum absolute atomic E-state index is 0.112. The summed E-state index contributed by atoms with van der Waals surface area (Å²) in [4.78, 5) is 28.5. The molecule has 1 aromatic carbocycles. The Morgan fingerprint density at radius 3 is 2.65 bits per heavy atom. The van der Waals surface area contributed by atoms with E-state index in [4.69, 9.17) is 0 Å². The summed E-state index contributed by atoms with van der Waals surface area (Å²) in [6, 6.07) is 11.4. The Balaban J connectivity index is 1.17. The zero-order chi connectivity index (χ0) is 27.7. The van der Waals surface area contributed by atoms with Gasteiger partial charge < -0.3 is 10.2 Å². The van der Waals surface area contributed by atoms with Crippen LogP contribution in [0.25, 0.3) is 22.0 Å². The van der Waals surface area contributed by atoms with Crippen LogP contribution in [0.3, 0.4) is 0 Å². The van der Waals surface area contributed by atoms with E-state index in [-0.39, 0.29) is 24.6 Å². The molecule has 2 saturated heterocycles. The van der Waals surface area contributed by atoms with Gasteiger partial charge >= 0.3 is 0 Å². The number of likely N-dealkylation sites (N-methyl/N-ethyl adjacent to an activating group) is 1. The first kappa shape index (κ1) is 26.4. The van der Waals surface area contributed by atoms with Crippen LogP contribution in [0.2, 0.25) is 0 Å². The summed E-state index contributed by atoms with van der Waals surface area (Å²) in [5, 5.41) is 10.9. The SMILES string of the molecule is CN1CCN(Cc2cc(NC(=O)c3n[nH]c4ccc(-c5cncc(CN6CCC(F)(F)C6)c5)cc34)ccn2)CC1. The van der Waals surface area contributed by atoms with Crippen LogP contribution in [-0.2, 0) is 13.1 Å². The Hall–Kier alpha value is -3.80. The molecule has 1 amide bonds. The number of nitrogens with one attached hydrogen (secondary N) is 2. The molecule has 6 rings (SSSR count). The fourth-order valence-corrected chi connectivity index (χ4v) is 5.37. The van der Waals surface area contributed by atoms with Crippen molar-refractivity contribution in [3.05, 3.63) is 71.9 Å². The molecule has 0 aliphatic carbocycles. The van der Waals surface area contributed by atoms with Gasteiger partial charge in [-0.1, -0.05) is 6.07 Å². The Labute approximate surface area is 231 Å². The number of rotatable bonds is 7. The van der Waals surface area contributed by atoms with Gasteiger partial charge in [0, 0.05) is 87.5 Å². The van der Waals surface area contributed by atoms with E-state index in [2.05, 4.69) is 42.3 Å². The summed E-state index contributed by atoms with van der Waals surface area (Å²) in [5.74, 6) is -2.95. The van der Waals surface area contributed by atoms with Crippen molar-refractivity contribution >= 4 is 22.5 Å². The van der Waals surface area contributed by atoms with Gasteiger partial charge in [-0.25, -0.2) is 8.78 Å². The number of pyridine rings is 2. The number of halogens is 2. The zero-order valence-electron chi connectivity index (χ0n) is 22.4. The van der Waals surface area contributed by atoms with Gasteiger partial charge in [0.1, 0.15) is 0 Å². The van der Waals surface area contributed by atoms with Crippen LogP contribution in [-0.4, -0.2) is 93.0 Å². The monoisotopic (exact) mass is 546 g/mol. The smallest absolute Gasteiger partial charge is 0.276 e. The van der Waals surface area contributed by atoms with Crippen molar-refractivity contribution in [1.82, 2.24) is 34.9 Å². The fraction of sp³-hybridized carbons (Fsp3) is 0.379. The van der Waals surface area contributed by atoms with Gasteiger partial charge in [-0.3, -0.25) is 29.7 Å². The Bertz CT molecular complexity index is 1510. The van der Waals surface area contributed by atoms with Gasteiger partial charge in [0.15, 0.2) is 5.69 Å². The first-order valence-electron chi connectivity index (χ1n) is 13.5. The molecule has 3 aromatic heterocycles. The van der Waals surface area contributed by atoms with E-state index in [0.717, 1.165) is 60.6 Å². The van der Waals surface area contributed by atoms with Crippen LogP contribution in [0.5, 0.6) is 0 Å². The Morgan fingerprint density at radius 1 is 1.00 bits per heavy atom. The van der Waals surface area contributed by atoms with Crippen molar-refractivity contribution < 1.29 is 13.6 Å². The summed E-state index contributed by atoms with van der Waals surface area (Å²) >= 11 is 0. The average molecular weight is 547 g/mol. The van der Waals surface area contributed by atoms with E-state index < -0.39 is 5.92 Å². The number of piperazine rings is 1. The topological polar surface area (TPSA) is 93.3 Å². The number of hydrogen-bond acceptors (Lipinski definition) is 7. The third kappa shape index (κ3) is 6.01.